The molecule has 1 atom stereocenters. The molecule has 0 amide bonds. The fourth-order valence-electron chi connectivity index (χ4n) is 2.51. The third-order valence-electron chi connectivity index (χ3n) is 3.93. The SMILES string of the molecule is Cc1ccccc1COC(C)c1ccc2c(c1)CC=CO2. The van der Waals surface area contributed by atoms with Gasteiger partial charge < -0.3 is 9.47 Å². The van der Waals surface area contributed by atoms with Crippen LogP contribution in [0.4, 0.5) is 0 Å². The summed E-state index contributed by atoms with van der Waals surface area (Å²) >= 11 is 0. The zero-order valence-electron chi connectivity index (χ0n) is 12.5. The first-order valence-corrected chi connectivity index (χ1v) is 7.34. The molecule has 0 saturated carbocycles. The van der Waals surface area contributed by atoms with Crippen LogP contribution in [-0.4, -0.2) is 0 Å². The van der Waals surface area contributed by atoms with Crippen LogP contribution < -0.4 is 4.74 Å². The van der Waals surface area contributed by atoms with Gasteiger partial charge in [0.2, 0.25) is 0 Å². The van der Waals surface area contributed by atoms with Gasteiger partial charge in [0.05, 0.1) is 19.0 Å². The zero-order chi connectivity index (χ0) is 14.7. The molecule has 0 N–H and O–H groups in total. The summed E-state index contributed by atoms with van der Waals surface area (Å²) < 4.78 is 11.5. The van der Waals surface area contributed by atoms with Crippen molar-refractivity contribution in [2.24, 2.45) is 0 Å². The molecular weight excluding hydrogens is 260 g/mol. The van der Waals surface area contributed by atoms with Crippen LogP contribution in [0.3, 0.4) is 0 Å². The number of aryl methyl sites for hydroxylation is 1. The quantitative estimate of drug-likeness (QED) is 0.806. The fourth-order valence-corrected chi connectivity index (χ4v) is 2.51. The van der Waals surface area contributed by atoms with Crippen LogP contribution in [0, 0.1) is 6.92 Å². The van der Waals surface area contributed by atoms with E-state index >= 15 is 0 Å². The van der Waals surface area contributed by atoms with Crippen LogP contribution in [0.25, 0.3) is 0 Å². The van der Waals surface area contributed by atoms with Gasteiger partial charge >= 0.3 is 0 Å². The number of ether oxygens (including phenoxy) is 2. The van der Waals surface area contributed by atoms with Gasteiger partial charge in [0.25, 0.3) is 0 Å². The highest BCUT2D eigenvalue weighted by atomic mass is 16.5. The van der Waals surface area contributed by atoms with E-state index in [1.54, 1.807) is 6.26 Å². The Morgan fingerprint density at radius 2 is 2.05 bits per heavy atom. The van der Waals surface area contributed by atoms with Gasteiger partial charge in [-0.15, -0.1) is 0 Å². The lowest BCUT2D eigenvalue weighted by Gasteiger charge is -2.18. The van der Waals surface area contributed by atoms with Gasteiger partial charge in [0.1, 0.15) is 5.75 Å². The van der Waals surface area contributed by atoms with E-state index in [-0.39, 0.29) is 6.10 Å². The molecule has 0 aromatic heterocycles. The molecule has 1 aliphatic heterocycles. The maximum Gasteiger partial charge on any atom is 0.130 e. The van der Waals surface area contributed by atoms with Gasteiger partial charge in [0.15, 0.2) is 0 Å². The second kappa shape index (κ2) is 6.15. The molecule has 108 valence electrons. The predicted molar refractivity (Wildman–Crippen MR) is 84.3 cm³/mol. The minimum Gasteiger partial charge on any atom is -0.465 e. The molecule has 0 saturated heterocycles. The normalized spacial score (nSPS) is 14.4. The molecule has 1 unspecified atom stereocenters. The monoisotopic (exact) mass is 280 g/mol. The smallest absolute Gasteiger partial charge is 0.130 e. The highest BCUT2D eigenvalue weighted by molar-refractivity contribution is 5.41. The van der Waals surface area contributed by atoms with Crippen LogP contribution in [0.5, 0.6) is 5.75 Å². The van der Waals surface area contributed by atoms with E-state index in [0.717, 1.165) is 12.2 Å². The van der Waals surface area contributed by atoms with E-state index in [4.69, 9.17) is 9.47 Å². The summed E-state index contributed by atoms with van der Waals surface area (Å²) in [4.78, 5) is 0. The van der Waals surface area contributed by atoms with Crippen LogP contribution >= 0.6 is 0 Å². The van der Waals surface area contributed by atoms with Crippen LogP contribution in [0.1, 0.15) is 35.3 Å². The van der Waals surface area contributed by atoms with Crippen molar-refractivity contribution in [3.63, 3.8) is 0 Å². The topological polar surface area (TPSA) is 18.5 Å². The molecular formula is C19H20O2. The van der Waals surface area contributed by atoms with Crippen molar-refractivity contribution < 1.29 is 9.47 Å². The summed E-state index contributed by atoms with van der Waals surface area (Å²) in [6.45, 7) is 4.85. The number of rotatable bonds is 4. The molecule has 2 aromatic carbocycles. The number of hydrogen-bond acceptors (Lipinski definition) is 2. The van der Waals surface area contributed by atoms with Crippen molar-refractivity contribution in [2.75, 3.05) is 0 Å². The minimum absolute atomic E-state index is 0.0702. The molecule has 0 fully saturated rings. The largest absolute Gasteiger partial charge is 0.465 e. The van der Waals surface area contributed by atoms with Crippen molar-refractivity contribution in [3.8, 4) is 5.75 Å². The Balaban J connectivity index is 1.69. The van der Waals surface area contributed by atoms with E-state index in [1.807, 2.05) is 12.1 Å². The average molecular weight is 280 g/mol. The number of allylic oxidation sites excluding steroid dienone is 1. The van der Waals surface area contributed by atoms with Crippen LogP contribution in [0.2, 0.25) is 0 Å². The lowest BCUT2D eigenvalue weighted by atomic mass is 10.0. The Kier molecular flexibility index (Phi) is 4.07. The predicted octanol–water partition coefficient (Wildman–Crippen LogP) is 4.72. The van der Waals surface area contributed by atoms with E-state index in [1.165, 1.54) is 22.3 Å². The molecule has 2 heteroatoms. The Morgan fingerprint density at radius 1 is 1.19 bits per heavy atom. The Morgan fingerprint density at radius 3 is 2.90 bits per heavy atom. The first kappa shape index (κ1) is 13.9. The van der Waals surface area contributed by atoms with Gasteiger partial charge in [-0.25, -0.2) is 0 Å². The van der Waals surface area contributed by atoms with Crippen molar-refractivity contribution in [2.45, 2.75) is 33.0 Å². The number of hydrogen-bond donors (Lipinski definition) is 0. The third kappa shape index (κ3) is 3.17. The molecule has 3 rings (SSSR count). The van der Waals surface area contributed by atoms with Gasteiger partial charge in [-0.2, -0.15) is 0 Å². The van der Waals surface area contributed by atoms with Gasteiger partial charge in [-0.05, 0) is 60.7 Å². The Hall–Kier alpha value is -2.06. The van der Waals surface area contributed by atoms with Crippen molar-refractivity contribution in [3.05, 3.63) is 77.1 Å². The first-order chi connectivity index (χ1) is 10.2. The number of fused-ring (bicyclic) bond motifs is 1. The lowest BCUT2D eigenvalue weighted by Crippen LogP contribution is -2.04. The summed E-state index contributed by atoms with van der Waals surface area (Å²) in [5.74, 6) is 0.951. The second-order valence-electron chi connectivity index (χ2n) is 5.44. The minimum atomic E-state index is 0.0702. The first-order valence-electron chi connectivity index (χ1n) is 7.34. The van der Waals surface area contributed by atoms with Crippen molar-refractivity contribution in [1.29, 1.82) is 0 Å². The molecule has 1 heterocycles. The van der Waals surface area contributed by atoms with E-state index in [0.29, 0.717) is 6.61 Å². The van der Waals surface area contributed by atoms with Gasteiger partial charge in [-0.1, -0.05) is 30.3 Å². The fraction of sp³-hybridized carbons (Fsp3) is 0.263. The average Bonchev–Trinajstić information content (AvgIpc) is 2.53. The summed E-state index contributed by atoms with van der Waals surface area (Å²) in [5.41, 5.74) is 4.94. The molecule has 0 radical (unpaired) electrons. The van der Waals surface area contributed by atoms with Gasteiger partial charge in [-0.3, -0.25) is 0 Å². The maximum atomic E-state index is 6.03. The van der Waals surface area contributed by atoms with E-state index < -0.39 is 0 Å². The van der Waals surface area contributed by atoms with E-state index in [2.05, 4.69) is 50.2 Å². The standard InChI is InChI=1S/C19H20O2/c1-14-6-3-4-7-18(14)13-21-15(2)16-9-10-19-17(12-16)8-5-11-20-19/h3-7,9-12,15H,8,13H2,1-2H3. The molecule has 0 aliphatic carbocycles. The highest BCUT2D eigenvalue weighted by Gasteiger charge is 2.12. The van der Waals surface area contributed by atoms with Crippen LogP contribution in [0.15, 0.2) is 54.8 Å². The molecule has 2 aromatic rings. The van der Waals surface area contributed by atoms with Crippen molar-refractivity contribution in [1.82, 2.24) is 0 Å². The number of benzene rings is 2. The summed E-state index contributed by atoms with van der Waals surface area (Å²) in [7, 11) is 0. The van der Waals surface area contributed by atoms with Crippen LogP contribution in [-0.2, 0) is 17.8 Å². The summed E-state index contributed by atoms with van der Waals surface area (Å²) in [5, 5.41) is 0. The second-order valence-corrected chi connectivity index (χ2v) is 5.44. The molecule has 0 bridgehead atoms. The van der Waals surface area contributed by atoms with E-state index in [9.17, 15) is 0 Å². The van der Waals surface area contributed by atoms with Crippen molar-refractivity contribution >= 4 is 0 Å². The Bertz CT molecular complexity index is 658. The summed E-state index contributed by atoms with van der Waals surface area (Å²) in [6, 6.07) is 14.6. The molecule has 1 aliphatic rings. The third-order valence-corrected chi connectivity index (χ3v) is 3.93. The maximum absolute atomic E-state index is 6.03. The summed E-state index contributed by atoms with van der Waals surface area (Å²) in [6.07, 6.45) is 4.78. The van der Waals surface area contributed by atoms with Gasteiger partial charge in [0, 0.05) is 0 Å². The molecule has 2 nitrogen and oxygen atoms in total. The lowest BCUT2D eigenvalue weighted by molar-refractivity contribution is 0.0522. The Labute approximate surface area is 126 Å². The zero-order valence-corrected chi connectivity index (χ0v) is 12.5. The molecule has 21 heavy (non-hydrogen) atoms. The molecule has 0 spiro atoms. The highest BCUT2D eigenvalue weighted by Crippen LogP contribution is 2.28.